The highest BCUT2D eigenvalue weighted by molar-refractivity contribution is 6.30. The average molecular weight is 508 g/mol. The number of hydrogen-bond donors (Lipinski definition) is 0. The Morgan fingerprint density at radius 3 is 2.43 bits per heavy atom. The molecule has 0 saturated carbocycles. The highest BCUT2D eigenvalue weighted by Crippen LogP contribution is 2.44. The monoisotopic (exact) mass is 507 g/mol. The molecular formula is C32H26ClNO3. The number of aryl methyl sites for hydroxylation is 1. The predicted octanol–water partition coefficient (Wildman–Crippen LogP) is 7.33. The van der Waals surface area contributed by atoms with E-state index in [1.54, 1.807) is 0 Å². The van der Waals surface area contributed by atoms with Crippen molar-refractivity contribution >= 4 is 23.5 Å². The Bertz CT molecular complexity index is 1490. The molecule has 184 valence electrons. The summed E-state index contributed by atoms with van der Waals surface area (Å²) in [6, 6.07) is 28.3. The van der Waals surface area contributed by atoms with Crippen LogP contribution in [-0.4, -0.2) is 24.0 Å². The SMILES string of the molecule is Cc1cc2c(c3c1C(=O)/C(=C\c1ccc(-c4ccccc4)cc1)O3)CN(CCc1ccc(Cl)cc1)CO2. The van der Waals surface area contributed by atoms with Crippen LogP contribution in [0.1, 0.15) is 32.6 Å². The van der Waals surface area contributed by atoms with Crippen LogP contribution in [-0.2, 0) is 13.0 Å². The number of halogens is 1. The number of fused-ring (bicyclic) bond motifs is 3. The zero-order chi connectivity index (χ0) is 25.4. The standard InChI is InChI=1S/C32H26ClNO3/c1-21-17-28-27(19-34(20-36-28)16-15-22-9-13-26(33)14-10-22)32-30(21)31(35)29(37-32)18-23-7-11-25(12-8-23)24-5-3-2-4-6-24/h2-14,17-18H,15-16,19-20H2,1H3/b29-18+. The predicted molar refractivity (Wildman–Crippen MR) is 147 cm³/mol. The number of rotatable bonds is 5. The lowest BCUT2D eigenvalue weighted by atomic mass is 9.98. The summed E-state index contributed by atoms with van der Waals surface area (Å²) < 4.78 is 12.3. The molecule has 0 aliphatic carbocycles. The van der Waals surface area contributed by atoms with Gasteiger partial charge in [-0.3, -0.25) is 9.69 Å². The highest BCUT2D eigenvalue weighted by atomic mass is 35.5. The van der Waals surface area contributed by atoms with Crippen molar-refractivity contribution in [3.05, 3.63) is 124 Å². The van der Waals surface area contributed by atoms with E-state index >= 15 is 0 Å². The van der Waals surface area contributed by atoms with Gasteiger partial charge in [0, 0.05) is 18.1 Å². The molecule has 0 radical (unpaired) electrons. The summed E-state index contributed by atoms with van der Waals surface area (Å²) in [6.07, 6.45) is 2.71. The molecule has 0 aromatic heterocycles. The summed E-state index contributed by atoms with van der Waals surface area (Å²) in [5.74, 6) is 1.68. The van der Waals surface area contributed by atoms with Crippen LogP contribution in [0.15, 0.2) is 90.7 Å². The molecule has 0 unspecified atom stereocenters. The second-order valence-electron chi connectivity index (χ2n) is 9.50. The van der Waals surface area contributed by atoms with Crippen LogP contribution < -0.4 is 9.47 Å². The lowest BCUT2D eigenvalue weighted by molar-refractivity contribution is 0.0949. The van der Waals surface area contributed by atoms with E-state index in [9.17, 15) is 4.79 Å². The van der Waals surface area contributed by atoms with Gasteiger partial charge in [-0.25, -0.2) is 0 Å². The second-order valence-corrected chi connectivity index (χ2v) is 9.94. The van der Waals surface area contributed by atoms with Crippen LogP contribution in [0.25, 0.3) is 17.2 Å². The van der Waals surface area contributed by atoms with E-state index in [1.807, 2.05) is 73.7 Å². The zero-order valence-electron chi connectivity index (χ0n) is 20.5. The Labute approximate surface area is 221 Å². The van der Waals surface area contributed by atoms with Crippen LogP contribution in [0.2, 0.25) is 5.02 Å². The van der Waals surface area contributed by atoms with E-state index in [0.717, 1.165) is 51.6 Å². The Balaban J connectivity index is 1.22. The number of Topliss-reactive ketones (excluding diaryl/α,β-unsaturated/α-hetero) is 1. The summed E-state index contributed by atoms with van der Waals surface area (Å²) in [7, 11) is 0. The van der Waals surface area contributed by atoms with Crippen molar-refractivity contribution in [3.8, 4) is 22.6 Å². The summed E-state index contributed by atoms with van der Waals surface area (Å²) in [6.45, 7) is 3.93. The molecule has 37 heavy (non-hydrogen) atoms. The molecule has 4 aromatic carbocycles. The minimum absolute atomic E-state index is 0.0827. The van der Waals surface area contributed by atoms with E-state index in [0.29, 0.717) is 30.3 Å². The van der Waals surface area contributed by atoms with Gasteiger partial charge in [-0.15, -0.1) is 0 Å². The van der Waals surface area contributed by atoms with Gasteiger partial charge in [0.05, 0.1) is 11.1 Å². The topological polar surface area (TPSA) is 38.8 Å². The third-order valence-corrected chi connectivity index (χ3v) is 7.19. The number of hydrogen-bond acceptors (Lipinski definition) is 4. The number of ketones is 1. The van der Waals surface area contributed by atoms with Gasteiger partial charge in [0.2, 0.25) is 5.78 Å². The van der Waals surface area contributed by atoms with E-state index in [4.69, 9.17) is 21.1 Å². The maximum Gasteiger partial charge on any atom is 0.232 e. The highest BCUT2D eigenvalue weighted by Gasteiger charge is 2.35. The van der Waals surface area contributed by atoms with Gasteiger partial charge in [0.15, 0.2) is 5.76 Å². The molecule has 0 N–H and O–H groups in total. The van der Waals surface area contributed by atoms with Crippen LogP contribution in [0, 0.1) is 6.92 Å². The molecule has 2 aliphatic rings. The van der Waals surface area contributed by atoms with Crippen molar-refractivity contribution in [1.82, 2.24) is 4.90 Å². The fraction of sp³-hybridized carbons (Fsp3) is 0.156. The normalized spacial score (nSPS) is 15.7. The number of allylic oxidation sites excluding steroid dienone is 1. The lowest BCUT2D eigenvalue weighted by Gasteiger charge is -2.30. The molecule has 0 bridgehead atoms. The van der Waals surface area contributed by atoms with Crippen molar-refractivity contribution in [2.45, 2.75) is 19.9 Å². The van der Waals surface area contributed by atoms with Crippen LogP contribution in [0.3, 0.4) is 0 Å². The largest absolute Gasteiger partial charge is 0.478 e. The molecule has 0 saturated heterocycles. The van der Waals surface area contributed by atoms with Gasteiger partial charge < -0.3 is 9.47 Å². The smallest absolute Gasteiger partial charge is 0.232 e. The quantitative estimate of drug-likeness (QED) is 0.265. The Kier molecular flexibility index (Phi) is 6.29. The Morgan fingerprint density at radius 2 is 1.68 bits per heavy atom. The first-order chi connectivity index (χ1) is 18.0. The third-order valence-electron chi connectivity index (χ3n) is 6.93. The molecule has 2 heterocycles. The second kappa shape index (κ2) is 9.89. The minimum Gasteiger partial charge on any atom is -0.478 e. The first-order valence-corrected chi connectivity index (χ1v) is 12.8. The van der Waals surface area contributed by atoms with Gasteiger partial charge in [-0.2, -0.15) is 0 Å². The van der Waals surface area contributed by atoms with Crippen molar-refractivity contribution in [1.29, 1.82) is 0 Å². The van der Waals surface area contributed by atoms with E-state index in [2.05, 4.69) is 29.2 Å². The molecule has 6 rings (SSSR count). The zero-order valence-corrected chi connectivity index (χ0v) is 21.3. The maximum atomic E-state index is 13.4. The maximum absolute atomic E-state index is 13.4. The molecule has 4 aromatic rings. The number of carbonyl (C=O) groups excluding carboxylic acids is 1. The molecule has 0 atom stereocenters. The van der Waals surface area contributed by atoms with Gasteiger partial charge in [-0.1, -0.05) is 78.3 Å². The fourth-order valence-electron chi connectivity index (χ4n) is 4.91. The Morgan fingerprint density at radius 1 is 0.946 bits per heavy atom. The fourth-order valence-corrected chi connectivity index (χ4v) is 5.04. The summed E-state index contributed by atoms with van der Waals surface area (Å²) in [5, 5.41) is 0.739. The van der Waals surface area contributed by atoms with Crippen LogP contribution in [0.5, 0.6) is 11.5 Å². The van der Waals surface area contributed by atoms with Gasteiger partial charge in [0.1, 0.15) is 18.2 Å². The van der Waals surface area contributed by atoms with E-state index in [1.165, 1.54) is 5.56 Å². The van der Waals surface area contributed by atoms with Crippen molar-refractivity contribution < 1.29 is 14.3 Å². The average Bonchev–Trinajstić information content (AvgIpc) is 3.26. The Hall–Kier alpha value is -3.86. The molecule has 0 amide bonds. The molecule has 0 spiro atoms. The molecule has 5 heteroatoms. The van der Waals surface area contributed by atoms with E-state index in [-0.39, 0.29) is 5.78 Å². The van der Waals surface area contributed by atoms with E-state index < -0.39 is 0 Å². The van der Waals surface area contributed by atoms with Crippen molar-refractivity contribution in [2.75, 3.05) is 13.3 Å². The number of ether oxygens (including phenoxy) is 2. The third kappa shape index (κ3) is 4.78. The molecular weight excluding hydrogens is 482 g/mol. The lowest BCUT2D eigenvalue weighted by Crippen LogP contribution is -2.33. The first-order valence-electron chi connectivity index (χ1n) is 12.4. The molecule has 4 nitrogen and oxygen atoms in total. The first kappa shape index (κ1) is 23.5. The van der Waals surface area contributed by atoms with Gasteiger partial charge in [0.25, 0.3) is 0 Å². The molecule has 0 fully saturated rings. The minimum atomic E-state index is -0.0827. The van der Waals surface area contributed by atoms with Crippen molar-refractivity contribution in [2.24, 2.45) is 0 Å². The van der Waals surface area contributed by atoms with Crippen LogP contribution in [0.4, 0.5) is 0 Å². The molecule has 2 aliphatic heterocycles. The number of carbonyl (C=O) groups is 1. The van der Waals surface area contributed by atoms with Crippen molar-refractivity contribution in [3.63, 3.8) is 0 Å². The summed E-state index contributed by atoms with van der Waals surface area (Å²) in [5.41, 5.74) is 6.86. The van der Waals surface area contributed by atoms with Crippen LogP contribution >= 0.6 is 11.6 Å². The number of benzene rings is 4. The summed E-state index contributed by atoms with van der Waals surface area (Å²) in [4.78, 5) is 15.6. The number of nitrogens with zero attached hydrogens (tertiary/aromatic N) is 1. The summed E-state index contributed by atoms with van der Waals surface area (Å²) >= 11 is 6.01. The van der Waals surface area contributed by atoms with Gasteiger partial charge in [-0.05, 0) is 65.4 Å². The van der Waals surface area contributed by atoms with Gasteiger partial charge >= 0.3 is 0 Å².